The number of phenolic OH excluding ortho intramolecular Hbond substituents is 1. The van der Waals surface area contributed by atoms with Crippen LogP contribution in [0.2, 0.25) is 0 Å². The van der Waals surface area contributed by atoms with Gasteiger partial charge in [-0.3, -0.25) is 4.79 Å². The van der Waals surface area contributed by atoms with E-state index in [4.69, 9.17) is 0 Å². The van der Waals surface area contributed by atoms with Gasteiger partial charge >= 0.3 is 0 Å². The molecule has 19 heavy (non-hydrogen) atoms. The van der Waals surface area contributed by atoms with Crippen molar-refractivity contribution in [3.05, 3.63) is 56.5 Å². The fraction of sp³-hybridized carbons (Fsp3) is 0.0714. The Morgan fingerprint density at radius 3 is 2.37 bits per heavy atom. The van der Waals surface area contributed by atoms with Crippen molar-refractivity contribution >= 4 is 43.5 Å². The van der Waals surface area contributed by atoms with Crippen LogP contribution in [0, 0.1) is 6.92 Å². The van der Waals surface area contributed by atoms with E-state index in [9.17, 15) is 9.90 Å². The summed E-state index contributed by atoms with van der Waals surface area (Å²) < 4.78 is 1.60. The molecule has 0 saturated carbocycles. The maximum absolute atomic E-state index is 12.2. The van der Waals surface area contributed by atoms with Crippen LogP contribution in [0.15, 0.2) is 45.3 Å². The number of aromatic hydroxyl groups is 1. The molecule has 0 aliphatic carbocycles. The summed E-state index contributed by atoms with van der Waals surface area (Å²) in [6.45, 7) is 1.78. The van der Waals surface area contributed by atoms with Gasteiger partial charge in [-0.2, -0.15) is 0 Å². The van der Waals surface area contributed by atoms with E-state index < -0.39 is 0 Å². The molecule has 0 bridgehead atoms. The molecular weight excluding hydrogens is 374 g/mol. The van der Waals surface area contributed by atoms with E-state index in [1.807, 2.05) is 18.2 Å². The Morgan fingerprint density at radius 2 is 1.79 bits per heavy atom. The maximum Gasteiger partial charge on any atom is 0.255 e. The molecule has 2 N–H and O–H groups in total. The molecule has 0 aromatic heterocycles. The van der Waals surface area contributed by atoms with E-state index >= 15 is 0 Å². The number of halogens is 2. The lowest BCUT2D eigenvalue weighted by atomic mass is 10.1. The van der Waals surface area contributed by atoms with Gasteiger partial charge < -0.3 is 10.4 Å². The normalized spacial score (nSPS) is 10.3. The first-order chi connectivity index (χ1) is 8.99. The van der Waals surface area contributed by atoms with Gasteiger partial charge in [0.25, 0.3) is 5.91 Å². The first kappa shape index (κ1) is 14.1. The number of amides is 1. The highest BCUT2D eigenvalue weighted by Gasteiger charge is 2.13. The van der Waals surface area contributed by atoms with Crippen LogP contribution in [0.1, 0.15) is 15.9 Å². The molecule has 0 atom stereocenters. The molecule has 1 amide bonds. The van der Waals surface area contributed by atoms with Gasteiger partial charge in [0.1, 0.15) is 5.75 Å². The van der Waals surface area contributed by atoms with Crippen LogP contribution in [0.5, 0.6) is 5.75 Å². The van der Waals surface area contributed by atoms with Crippen LogP contribution in [0.4, 0.5) is 5.69 Å². The van der Waals surface area contributed by atoms with Crippen molar-refractivity contribution in [2.75, 3.05) is 5.32 Å². The number of para-hydroxylation sites is 1. The highest BCUT2D eigenvalue weighted by Crippen LogP contribution is 2.31. The summed E-state index contributed by atoms with van der Waals surface area (Å²) in [5.74, 6) is -0.0683. The van der Waals surface area contributed by atoms with Crippen molar-refractivity contribution in [2.45, 2.75) is 6.92 Å². The second-order valence-corrected chi connectivity index (χ2v) is 5.76. The van der Waals surface area contributed by atoms with E-state index in [0.29, 0.717) is 11.3 Å². The number of hydrogen-bond donors (Lipinski definition) is 2. The number of phenols is 1. The highest BCUT2D eigenvalue weighted by atomic mass is 79.9. The van der Waals surface area contributed by atoms with Crippen LogP contribution in [0.25, 0.3) is 0 Å². The van der Waals surface area contributed by atoms with E-state index in [1.165, 1.54) is 6.07 Å². The zero-order valence-corrected chi connectivity index (χ0v) is 13.2. The van der Waals surface area contributed by atoms with Crippen molar-refractivity contribution < 1.29 is 9.90 Å². The third kappa shape index (κ3) is 3.16. The average molecular weight is 385 g/mol. The summed E-state index contributed by atoms with van der Waals surface area (Å²) in [5.41, 5.74) is 1.93. The Bertz CT molecular complexity index is 621. The minimum atomic E-state index is -0.217. The first-order valence-corrected chi connectivity index (χ1v) is 7.12. The summed E-state index contributed by atoms with van der Waals surface area (Å²) in [6.07, 6.45) is 0. The molecule has 0 aliphatic heterocycles. The van der Waals surface area contributed by atoms with Crippen LogP contribution in [-0.4, -0.2) is 11.0 Å². The van der Waals surface area contributed by atoms with Crippen LogP contribution in [-0.2, 0) is 0 Å². The Labute approximate surface area is 127 Å². The zero-order valence-electron chi connectivity index (χ0n) is 10.1. The Morgan fingerprint density at radius 1 is 1.16 bits per heavy atom. The Balaban J connectivity index is 2.31. The Hall–Kier alpha value is -1.33. The summed E-state index contributed by atoms with van der Waals surface area (Å²) in [5, 5.41) is 12.2. The third-order valence-corrected chi connectivity index (χ3v) is 3.98. The van der Waals surface area contributed by atoms with Crippen molar-refractivity contribution in [2.24, 2.45) is 0 Å². The molecule has 5 heteroatoms. The average Bonchev–Trinajstić information content (AvgIpc) is 2.33. The van der Waals surface area contributed by atoms with Crippen LogP contribution >= 0.6 is 31.9 Å². The topological polar surface area (TPSA) is 49.3 Å². The molecule has 0 saturated heterocycles. The van der Waals surface area contributed by atoms with Gasteiger partial charge in [0.2, 0.25) is 0 Å². The number of rotatable bonds is 2. The molecule has 98 valence electrons. The molecular formula is C14H11Br2NO2. The lowest BCUT2D eigenvalue weighted by molar-refractivity contribution is 0.102. The van der Waals surface area contributed by atoms with E-state index in [-0.39, 0.29) is 11.7 Å². The fourth-order valence-electron chi connectivity index (χ4n) is 1.70. The SMILES string of the molecule is Cc1cc(O)ccc1C(=O)Nc1c(Br)cccc1Br. The predicted molar refractivity (Wildman–Crippen MR) is 82.6 cm³/mol. The lowest BCUT2D eigenvalue weighted by Crippen LogP contribution is -2.14. The largest absolute Gasteiger partial charge is 0.508 e. The number of anilines is 1. The zero-order chi connectivity index (χ0) is 14.0. The number of carbonyl (C=O) groups is 1. The van der Waals surface area contributed by atoms with Crippen molar-refractivity contribution in [1.29, 1.82) is 0 Å². The molecule has 3 nitrogen and oxygen atoms in total. The van der Waals surface area contributed by atoms with Gasteiger partial charge in [0, 0.05) is 14.5 Å². The third-order valence-electron chi connectivity index (χ3n) is 2.66. The molecule has 0 aliphatic rings. The van der Waals surface area contributed by atoms with Gasteiger partial charge in [-0.15, -0.1) is 0 Å². The molecule has 0 radical (unpaired) electrons. The van der Waals surface area contributed by atoms with E-state index in [2.05, 4.69) is 37.2 Å². The van der Waals surface area contributed by atoms with Gasteiger partial charge in [0.05, 0.1) is 5.69 Å². The van der Waals surface area contributed by atoms with Crippen molar-refractivity contribution in [1.82, 2.24) is 0 Å². The minimum absolute atomic E-state index is 0.149. The number of aryl methyl sites for hydroxylation is 1. The monoisotopic (exact) mass is 383 g/mol. The van der Waals surface area contributed by atoms with Gasteiger partial charge in [0.15, 0.2) is 0 Å². The number of benzene rings is 2. The minimum Gasteiger partial charge on any atom is -0.508 e. The standard InChI is InChI=1S/C14H11Br2NO2/c1-8-7-9(18)5-6-10(8)14(19)17-13-11(15)3-2-4-12(13)16/h2-7,18H,1H3,(H,17,19). The second kappa shape index (κ2) is 5.75. The van der Waals surface area contributed by atoms with E-state index in [0.717, 1.165) is 14.5 Å². The molecule has 0 unspecified atom stereocenters. The number of hydrogen-bond acceptors (Lipinski definition) is 2. The summed E-state index contributed by atoms with van der Waals surface area (Å²) in [4.78, 5) is 12.2. The lowest BCUT2D eigenvalue weighted by Gasteiger charge is -2.11. The van der Waals surface area contributed by atoms with Gasteiger partial charge in [-0.1, -0.05) is 6.07 Å². The predicted octanol–water partition coefficient (Wildman–Crippen LogP) is 4.48. The smallest absolute Gasteiger partial charge is 0.255 e. The van der Waals surface area contributed by atoms with Gasteiger partial charge in [-0.25, -0.2) is 0 Å². The quantitative estimate of drug-likeness (QED) is 0.801. The highest BCUT2D eigenvalue weighted by molar-refractivity contribution is 9.11. The summed E-state index contributed by atoms with van der Waals surface area (Å²) >= 11 is 6.79. The Kier molecular flexibility index (Phi) is 4.27. The molecule has 0 fully saturated rings. The second-order valence-electron chi connectivity index (χ2n) is 4.05. The van der Waals surface area contributed by atoms with Crippen molar-refractivity contribution in [3.63, 3.8) is 0 Å². The van der Waals surface area contributed by atoms with E-state index in [1.54, 1.807) is 19.1 Å². The fourth-order valence-corrected chi connectivity index (χ4v) is 2.90. The molecule has 0 spiro atoms. The molecule has 2 rings (SSSR count). The van der Waals surface area contributed by atoms with Crippen molar-refractivity contribution in [3.8, 4) is 5.75 Å². The summed E-state index contributed by atoms with van der Waals surface area (Å²) in [6, 6.07) is 10.2. The molecule has 2 aromatic carbocycles. The van der Waals surface area contributed by atoms with Crippen LogP contribution in [0.3, 0.4) is 0 Å². The molecule has 2 aromatic rings. The van der Waals surface area contributed by atoms with Crippen LogP contribution < -0.4 is 5.32 Å². The maximum atomic E-state index is 12.2. The number of carbonyl (C=O) groups excluding carboxylic acids is 1. The van der Waals surface area contributed by atoms with Gasteiger partial charge in [-0.05, 0) is 74.7 Å². The first-order valence-electron chi connectivity index (χ1n) is 5.54. The number of nitrogens with one attached hydrogen (secondary N) is 1. The summed E-state index contributed by atoms with van der Waals surface area (Å²) in [7, 11) is 0. The molecule has 0 heterocycles.